The summed E-state index contributed by atoms with van der Waals surface area (Å²) >= 11 is 0. The van der Waals surface area contributed by atoms with Gasteiger partial charge in [-0.2, -0.15) is 0 Å². The zero-order chi connectivity index (χ0) is 14.1. The van der Waals surface area contributed by atoms with Crippen molar-refractivity contribution in [3.63, 3.8) is 0 Å². The van der Waals surface area contributed by atoms with Gasteiger partial charge in [-0.3, -0.25) is 9.59 Å². The van der Waals surface area contributed by atoms with Gasteiger partial charge in [0.05, 0.1) is 18.3 Å². The number of hydrogen-bond donors (Lipinski definition) is 3. The monoisotopic (exact) mass is 271 g/mol. The number of aromatic nitrogens is 2. The van der Waals surface area contributed by atoms with Gasteiger partial charge in [-0.1, -0.05) is 24.3 Å². The fourth-order valence-corrected chi connectivity index (χ4v) is 2.43. The molecule has 1 aliphatic carbocycles. The van der Waals surface area contributed by atoms with Crippen LogP contribution in [0, 0.1) is 0 Å². The van der Waals surface area contributed by atoms with Gasteiger partial charge in [0.15, 0.2) is 0 Å². The van der Waals surface area contributed by atoms with Crippen molar-refractivity contribution in [3.8, 4) is 0 Å². The highest BCUT2D eigenvalue weighted by molar-refractivity contribution is 5.92. The van der Waals surface area contributed by atoms with E-state index in [9.17, 15) is 14.7 Å². The fourth-order valence-electron chi connectivity index (χ4n) is 2.43. The molecule has 102 valence electrons. The molecule has 0 saturated carbocycles. The molecule has 2 aromatic rings. The Balaban J connectivity index is 1.83. The molecule has 1 aromatic carbocycles. The predicted octanol–water partition coefficient (Wildman–Crippen LogP) is 0.158. The number of benzene rings is 1. The second-order valence-electron chi connectivity index (χ2n) is 4.72. The number of hydrogen-bond acceptors (Lipinski definition) is 4. The Morgan fingerprint density at radius 3 is 2.95 bits per heavy atom. The van der Waals surface area contributed by atoms with Gasteiger partial charge in [0.2, 0.25) is 0 Å². The molecule has 6 nitrogen and oxygen atoms in total. The van der Waals surface area contributed by atoms with Crippen LogP contribution in [0.4, 0.5) is 0 Å². The molecule has 3 N–H and O–H groups in total. The van der Waals surface area contributed by atoms with E-state index >= 15 is 0 Å². The van der Waals surface area contributed by atoms with E-state index in [0.29, 0.717) is 6.42 Å². The minimum atomic E-state index is -0.654. The van der Waals surface area contributed by atoms with Crippen LogP contribution in [0.1, 0.15) is 27.7 Å². The summed E-state index contributed by atoms with van der Waals surface area (Å²) in [6, 6.07) is 7.14. The molecule has 1 heterocycles. The van der Waals surface area contributed by atoms with Gasteiger partial charge in [0.25, 0.3) is 11.5 Å². The smallest absolute Gasteiger partial charge is 0.271 e. The minimum Gasteiger partial charge on any atom is -0.390 e. The Morgan fingerprint density at radius 1 is 1.40 bits per heavy atom. The highest BCUT2D eigenvalue weighted by atomic mass is 16.3. The third-order valence-electron chi connectivity index (χ3n) is 3.40. The molecule has 0 unspecified atom stereocenters. The van der Waals surface area contributed by atoms with Gasteiger partial charge in [0.1, 0.15) is 5.69 Å². The van der Waals surface area contributed by atoms with Gasteiger partial charge in [-0.25, -0.2) is 4.98 Å². The van der Waals surface area contributed by atoms with E-state index < -0.39 is 18.1 Å². The second-order valence-corrected chi connectivity index (χ2v) is 4.72. The van der Waals surface area contributed by atoms with Gasteiger partial charge in [-0.15, -0.1) is 0 Å². The number of H-pyrrole nitrogens is 1. The van der Waals surface area contributed by atoms with E-state index in [2.05, 4.69) is 15.3 Å². The lowest BCUT2D eigenvalue weighted by Crippen LogP contribution is -2.34. The first-order chi connectivity index (χ1) is 9.65. The molecule has 0 saturated heterocycles. The first-order valence-electron chi connectivity index (χ1n) is 6.26. The molecule has 2 atom stereocenters. The zero-order valence-electron chi connectivity index (χ0n) is 10.5. The molecule has 1 amide bonds. The molecule has 0 radical (unpaired) electrons. The number of rotatable bonds is 2. The Hall–Kier alpha value is -2.47. The van der Waals surface area contributed by atoms with Crippen LogP contribution in [-0.4, -0.2) is 27.1 Å². The summed E-state index contributed by atoms with van der Waals surface area (Å²) in [6.45, 7) is 0. The van der Waals surface area contributed by atoms with Crippen LogP contribution in [0.3, 0.4) is 0 Å². The number of aliphatic hydroxyl groups is 1. The van der Waals surface area contributed by atoms with E-state index in [1.54, 1.807) is 0 Å². The van der Waals surface area contributed by atoms with Gasteiger partial charge >= 0.3 is 0 Å². The van der Waals surface area contributed by atoms with E-state index in [0.717, 1.165) is 17.3 Å². The van der Waals surface area contributed by atoms with Crippen LogP contribution in [0.15, 0.2) is 41.5 Å². The van der Waals surface area contributed by atoms with Crippen molar-refractivity contribution < 1.29 is 9.90 Å². The standard InChI is InChI=1S/C14H13N3O3/c18-11-5-8-3-1-2-4-9(8)13(11)17-14(20)10-6-16-12(19)7-15-10/h1-4,6-7,11,13,18H,5H2,(H,16,19)(H,17,20)/t11-,13+/m0/s1. The lowest BCUT2D eigenvalue weighted by Gasteiger charge is -2.17. The van der Waals surface area contributed by atoms with Gasteiger partial charge in [-0.05, 0) is 11.1 Å². The van der Waals surface area contributed by atoms with E-state index in [1.807, 2.05) is 24.3 Å². The number of carbonyl (C=O) groups excluding carboxylic acids is 1. The Kier molecular flexibility index (Phi) is 3.08. The van der Waals surface area contributed by atoms with Crippen LogP contribution >= 0.6 is 0 Å². The van der Waals surface area contributed by atoms with Crippen molar-refractivity contribution >= 4 is 5.91 Å². The quantitative estimate of drug-likeness (QED) is 0.725. The topological polar surface area (TPSA) is 95.1 Å². The van der Waals surface area contributed by atoms with Crippen LogP contribution in [-0.2, 0) is 6.42 Å². The Labute approximate surface area is 114 Å². The second kappa shape index (κ2) is 4.90. The van der Waals surface area contributed by atoms with E-state index in [4.69, 9.17) is 0 Å². The van der Waals surface area contributed by atoms with Crippen molar-refractivity contribution in [3.05, 3.63) is 63.8 Å². The van der Waals surface area contributed by atoms with Crippen molar-refractivity contribution in [1.29, 1.82) is 0 Å². The third kappa shape index (κ3) is 2.21. The lowest BCUT2D eigenvalue weighted by atomic mass is 10.1. The van der Waals surface area contributed by atoms with Crippen LogP contribution in [0.25, 0.3) is 0 Å². The molecular weight excluding hydrogens is 258 g/mol. The summed E-state index contributed by atoms with van der Waals surface area (Å²) in [5.74, 6) is -0.429. The summed E-state index contributed by atoms with van der Waals surface area (Å²) in [7, 11) is 0. The van der Waals surface area contributed by atoms with Crippen LogP contribution in [0.2, 0.25) is 0 Å². The summed E-state index contributed by atoms with van der Waals surface area (Å²) in [4.78, 5) is 29.1. The number of nitrogens with one attached hydrogen (secondary N) is 2. The van der Waals surface area contributed by atoms with Crippen molar-refractivity contribution in [2.75, 3.05) is 0 Å². The first-order valence-corrected chi connectivity index (χ1v) is 6.26. The number of carbonyl (C=O) groups is 1. The molecule has 0 fully saturated rings. The first kappa shape index (κ1) is 12.6. The molecular formula is C14H13N3O3. The Morgan fingerprint density at radius 2 is 2.20 bits per heavy atom. The average molecular weight is 271 g/mol. The van der Waals surface area contributed by atoms with E-state index in [1.165, 1.54) is 6.20 Å². The number of aromatic amines is 1. The number of nitrogens with zero attached hydrogens (tertiary/aromatic N) is 1. The summed E-state index contributed by atoms with van der Waals surface area (Å²) < 4.78 is 0. The molecule has 6 heteroatoms. The summed E-state index contributed by atoms with van der Waals surface area (Å²) in [5.41, 5.74) is 1.69. The largest absolute Gasteiger partial charge is 0.390 e. The van der Waals surface area contributed by atoms with Crippen molar-refractivity contribution in [2.45, 2.75) is 18.6 Å². The maximum Gasteiger partial charge on any atom is 0.271 e. The number of aliphatic hydroxyl groups excluding tert-OH is 1. The normalized spacial score (nSPS) is 20.4. The number of amides is 1. The van der Waals surface area contributed by atoms with Gasteiger partial charge in [0, 0.05) is 12.6 Å². The van der Waals surface area contributed by atoms with Crippen LogP contribution in [0.5, 0.6) is 0 Å². The molecule has 0 bridgehead atoms. The highest BCUT2D eigenvalue weighted by Crippen LogP contribution is 2.31. The van der Waals surface area contributed by atoms with Crippen molar-refractivity contribution in [2.24, 2.45) is 0 Å². The molecule has 1 aliphatic rings. The average Bonchev–Trinajstić information content (AvgIpc) is 2.76. The predicted molar refractivity (Wildman–Crippen MR) is 71.2 cm³/mol. The molecule has 0 spiro atoms. The molecule has 1 aromatic heterocycles. The fraction of sp³-hybridized carbons (Fsp3) is 0.214. The molecule has 3 rings (SSSR count). The lowest BCUT2D eigenvalue weighted by molar-refractivity contribution is 0.0853. The molecule has 20 heavy (non-hydrogen) atoms. The summed E-state index contributed by atoms with van der Waals surface area (Å²) in [6.07, 6.45) is 2.16. The minimum absolute atomic E-state index is 0.112. The highest BCUT2D eigenvalue weighted by Gasteiger charge is 2.32. The summed E-state index contributed by atoms with van der Waals surface area (Å²) in [5, 5.41) is 12.8. The SMILES string of the molecule is O=C(N[C@@H]1c2ccccc2C[C@@H]1O)c1c[nH]c(=O)cn1. The van der Waals surface area contributed by atoms with Crippen LogP contribution < -0.4 is 10.9 Å². The zero-order valence-corrected chi connectivity index (χ0v) is 10.5. The Bertz CT molecular complexity index is 690. The number of fused-ring (bicyclic) bond motifs is 1. The molecule has 0 aliphatic heterocycles. The maximum atomic E-state index is 12.1. The van der Waals surface area contributed by atoms with E-state index in [-0.39, 0.29) is 11.3 Å². The maximum absolute atomic E-state index is 12.1. The third-order valence-corrected chi connectivity index (χ3v) is 3.40. The van der Waals surface area contributed by atoms with Crippen molar-refractivity contribution in [1.82, 2.24) is 15.3 Å². The van der Waals surface area contributed by atoms with Gasteiger partial charge < -0.3 is 15.4 Å².